The number of benzene rings is 3. The van der Waals surface area contributed by atoms with Gasteiger partial charge in [-0.2, -0.15) is 0 Å². The predicted molar refractivity (Wildman–Crippen MR) is 118 cm³/mol. The van der Waals surface area contributed by atoms with Crippen molar-refractivity contribution in [2.24, 2.45) is 9.98 Å². The first-order chi connectivity index (χ1) is 13.9. The van der Waals surface area contributed by atoms with Crippen LogP contribution < -0.4 is 0 Å². The van der Waals surface area contributed by atoms with Gasteiger partial charge >= 0.3 is 0 Å². The molecule has 0 saturated carbocycles. The summed E-state index contributed by atoms with van der Waals surface area (Å²) >= 11 is 0. The first-order valence-corrected chi connectivity index (χ1v) is 9.94. The smallest absolute Gasteiger partial charge is 0.111 e. The van der Waals surface area contributed by atoms with Crippen molar-refractivity contribution in [3.05, 3.63) is 96.6 Å². The van der Waals surface area contributed by atoms with Crippen LogP contribution >= 0.6 is 0 Å². The van der Waals surface area contributed by atoms with E-state index in [2.05, 4.69) is 41.3 Å². The molecule has 0 amide bonds. The van der Waals surface area contributed by atoms with Crippen LogP contribution in [0.3, 0.4) is 0 Å². The zero-order valence-corrected chi connectivity index (χ0v) is 16.0. The fourth-order valence-electron chi connectivity index (χ4n) is 3.49. The van der Waals surface area contributed by atoms with Crippen molar-refractivity contribution in [3.8, 4) is 0 Å². The van der Waals surface area contributed by atoms with E-state index in [9.17, 15) is 0 Å². The summed E-state index contributed by atoms with van der Waals surface area (Å²) in [5.74, 6) is 1.10. The van der Waals surface area contributed by atoms with E-state index in [4.69, 9.17) is 9.98 Å². The van der Waals surface area contributed by atoms with Gasteiger partial charge in [0.15, 0.2) is 0 Å². The van der Waals surface area contributed by atoms with Crippen LogP contribution in [0.2, 0.25) is 0 Å². The lowest BCUT2D eigenvalue weighted by Crippen LogP contribution is -2.30. The lowest BCUT2D eigenvalue weighted by molar-refractivity contribution is 0.513. The number of amidine groups is 1. The molecule has 140 valence electrons. The Morgan fingerprint density at radius 2 is 1.14 bits per heavy atom. The van der Waals surface area contributed by atoms with Crippen LogP contribution in [0.15, 0.2) is 101 Å². The predicted octanol–water partition coefficient (Wildman–Crippen LogP) is 6.02. The van der Waals surface area contributed by atoms with Crippen LogP contribution in [0.1, 0.15) is 24.8 Å². The quantitative estimate of drug-likeness (QED) is 0.400. The molecule has 0 radical (unpaired) electrons. The minimum Gasteiger partial charge on any atom is -0.360 e. The summed E-state index contributed by atoms with van der Waals surface area (Å²) in [4.78, 5) is 12.4. The van der Waals surface area contributed by atoms with Crippen molar-refractivity contribution < 1.29 is 0 Å². The average Bonchev–Trinajstić information content (AvgIpc) is 3.30. The standard InChI is InChI=1S/C25H25N3/c1-4-12-21(13-5-1)24(26-22-14-6-2-7-15-22)20-25(28-18-10-11-19-28)27-23-16-8-3-9-17-23/h1-9,12-17H,10-11,18-20H2. The molecule has 3 heteroatoms. The number of likely N-dealkylation sites (tertiary alicyclic amines) is 1. The summed E-state index contributed by atoms with van der Waals surface area (Å²) in [6.07, 6.45) is 3.17. The molecule has 3 aromatic carbocycles. The first kappa shape index (κ1) is 18.2. The van der Waals surface area contributed by atoms with Crippen LogP contribution in [0.5, 0.6) is 0 Å². The Morgan fingerprint density at radius 1 is 0.643 bits per heavy atom. The van der Waals surface area contributed by atoms with E-state index in [1.165, 1.54) is 12.8 Å². The number of para-hydroxylation sites is 2. The van der Waals surface area contributed by atoms with E-state index in [-0.39, 0.29) is 0 Å². The number of hydrogen-bond donors (Lipinski definition) is 0. The molecule has 0 atom stereocenters. The van der Waals surface area contributed by atoms with Gasteiger partial charge in [-0.3, -0.25) is 4.99 Å². The zero-order valence-electron chi connectivity index (χ0n) is 16.0. The Labute approximate surface area is 167 Å². The topological polar surface area (TPSA) is 28.0 Å². The SMILES string of the molecule is c1ccc(N=C(CC(=Nc2ccccc2)N2CCCC2)c2ccccc2)cc1. The highest BCUT2D eigenvalue weighted by Crippen LogP contribution is 2.20. The second-order valence-corrected chi connectivity index (χ2v) is 6.99. The van der Waals surface area contributed by atoms with Gasteiger partial charge in [-0.25, -0.2) is 4.99 Å². The molecule has 3 nitrogen and oxygen atoms in total. The summed E-state index contributed by atoms with van der Waals surface area (Å²) in [5.41, 5.74) is 4.16. The molecule has 0 bridgehead atoms. The maximum absolute atomic E-state index is 5.01. The molecule has 1 heterocycles. The summed E-state index contributed by atoms with van der Waals surface area (Å²) in [6.45, 7) is 2.14. The third kappa shape index (κ3) is 4.74. The van der Waals surface area contributed by atoms with Gasteiger partial charge < -0.3 is 4.90 Å². The Balaban J connectivity index is 1.72. The van der Waals surface area contributed by atoms with Gasteiger partial charge in [0.2, 0.25) is 0 Å². The highest BCUT2D eigenvalue weighted by molar-refractivity contribution is 6.13. The van der Waals surface area contributed by atoms with Crippen LogP contribution in [-0.4, -0.2) is 29.5 Å². The maximum Gasteiger partial charge on any atom is 0.111 e. The number of aliphatic imine (C=N–C) groups is 2. The minimum absolute atomic E-state index is 0.716. The van der Waals surface area contributed by atoms with E-state index in [1.54, 1.807) is 0 Å². The number of hydrogen-bond acceptors (Lipinski definition) is 2. The molecule has 1 fully saturated rings. The normalized spacial score (nSPS) is 15.1. The fraction of sp³-hybridized carbons (Fsp3) is 0.200. The molecule has 0 N–H and O–H groups in total. The molecule has 0 aliphatic carbocycles. The van der Waals surface area contributed by atoms with Gasteiger partial charge in [-0.15, -0.1) is 0 Å². The highest BCUT2D eigenvalue weighted by atomic mass is 15.2. The minimum atomic E-state index is 0.716. The Morgan fingerprint density at radius 3 is 1.71 bits per heavy atom. The van der Waals surface area contributed by atoms with Crippen LogP contribution in [0.25, 0.3) is 0 Å². The van der Waals surface area contributed by atoms with Gasteiger partial charge in [0.25, 0.3) is 0 Å². The molecule has 0 spiro atoms. The molecule has 28 heavy (non-hydrogen) atoms. The van der Waals surface area contributed by atoms with Crippen molar-refractivity contribution >= 4 is 22.9 Å². The monoisotopic (exact) mass is 367 g/mol. The van der Waals surface area contributed by atoms with E-state index in [0.29, 0.717) is 6.42 Å². The summed E-state index contributed by atoms with van der Waals surface area (Å²) in [6, 6.07) is 30.8. The van der Waals surface area contributed by atoms with Crippen molar-refractivity contribution in [2.45, 2.75) is 19.3 Å². The summed E-state index contributed by atoms with van der Waals surface area (Å²) < 4.78 is 0. The Hall–Kier alpha value is -3.20. The zero-order chi connectivity index (χ0) is 19.0. The second kappa shape index (κ2) is 9.14. The molecule has 1 saturated heterocycles. The van der Waals surface area contributed by atoms with Crippen LogP contribution in [-0.2, 0) is 0 Å². The third-order valence-corrected chi connectivity index (χ3v) is 4.94. The van der Waals surface area contributed by atoms with Gasteiger partial charge in [0.1, 0.15) is 5.84 Å². The maximum atomic E-state index is 5.01. The van der Waals surface area contributed by atoms with E-state index >= 15 is 0 Å². The largest absolute Gasteiger partial charge is 0.360 e. The summed E-state index contributed by atoms with van der Waals surface area (Å²) in [5, 5.41) is 0. The molecular weight excluding hydrogens is 342 g/mol. The van der Waals surface area contributed by atoms with Gasteiger partial charge in [0, 0.05) is 19.5 Å². The summed E-state index contributed by atoms with van der Waals surface area (Å²) in [7, 11) is 0. The number of nitrogens with zero attached hydrogens (tertiary/aromatic N) is 3. The molecule has 1 aliphatic heterocycles. The molecule has 0 aromatic heterocycles. The van der Waals surface area contributed by atoms with Crippen LogP contribution in [0.4, 0.5) is 11.4 Å². The van der Waals surface area contributed by atoms with Crippen molar-refractivity contribution in [2.75, 3.05) is 13.1 Å². The van der Waals surface area contributed by atoms with Crippen molar-refractivity contribution in [1.82, 2.24) is 4.90 Å². The van der Waals surface area contributed by atoms with Crippen molar-refractivity contribution in [1.29, 1.82) is 0 Å². The second-order valence-electron chi connectivity index (χ2n) is 6.99. The Bertz CT molecular complexity index is 925. The fourth-order valence-corrected chi connectivity index (χ4v) is 3.49. The Kier molecular flexibility index (Phi) is 5.93. The highest BCUT2D eigenvalue weighted by Gasteiger charge is 2.19. The van der Waals surface area contributed by atoms with E-state index in [0.717, 1.165) is 41.6 Å². The van der Waals surface area contributed by atoms with E-state index in [1.807, 2.05) is 54.6 Å². The van der Waals surface area contributed by atoms with Gasteiger partial charge in [0.05, 0.1) is 17.1 Å². The van der Waals surface area contributed by atoms with Crippen molar-refractivity contribution in [3.63, 3.8) is 0 Å². The van der Waals surface area contributed by atoms with Gasteiger partial charge in [-0.05, 0) is 42.7 Å². The number of rotatable bonds is 5. The molecule has 0 unspecified atom stereocenters. The molecule has 1 aliphatic rings. The van der Waals surface area contributed by atoms with Crippen LogP contribution in [0, 0.1) is 0 Å². The average molecular weight is 367 g/mol. The molecule has 4 rings (SSSR count). The third-order valence-electron chi connectivity index (χ3n) is 4.94. The lowest BCUT2D eigenvalue weighted by atomic mass is 10.1. The van der Waals surface area contributed by atoms with Gasteiger partial charge in [-0.1, -0.05) is 66.7 Å². The molecule has 3 aromatic rings. The molecular formula is C25H25N3. The lowest BCUT2D eigenvalue weighted by Gasteiger charge is -2.21. The van der Waals surface area contributed by atoms with E-state index < -0.39 is 0 Å². The first-order valence-electron chi connectivity index (χ1n) is 9.94.